The van der Waals surface area contributed by atoms with Gasteiger partial charge in [0.25, 0.3) is 0 Å². The van der Waals surface area contributed by atoms with Crippen molar-refractivity contribution in [1.82, 2.24) is 15.5 Å². The first kappa shape index (κ1) is 26.9. The molecule has 162 valence electrons. The zero-order valence-corrected chi connectivity index (χ0v) is 20.5. The Morgan fingerprint density at radius 2 is 1.86 bits per heavy atom. The SMILES string of the molecule is CCNC(=NCCC(C)c1ccc(OC)cc1)NCCN(C)CCCOC.I. The summed E-state index contributed by atoms with van der Waals surface area (Å²) in [6.07, 6.45) is 2.07. The van der Waals surface area contributed by atoms with Crippen molar-refractivity contribution in [1.29, 1.82) is 0 Å². The topological polar surface area (TPSA) is 58.1 Å². The van der Waals surface area contributed by atoms with E-state index in [0.29, 0.717) is 5.92 Å². The number of nitrogens with one attached hydrogen (secondary N) is 2. The average Bonchev–Trinajstić information content (AvgIpc) is 2.68. The van der Waals surface area contributed by atoms with E-state index < -0.39 is 0 Å². The zero-order valence-electron chi connectivity index (χ0n) is 18.2. The molecule has 0 amide bonds. The second kappa shape index (κ2) is 16.9. The lowest BCUT2D eigenvalue weighted by Crippen LogP contribution is -2.41. The highest BCUT2D eigenvalue weighted by molar-refractivity contribution is 14.0. The van der Waals surface area contributed by atoms with Crippen LogP contribution in [0.1, 0.15) is 38.2 Å². The lowest BCUT2D eigenvalue weighted by atomic mass is 9.98. The van der Waals surface area contributed by atoms with E-state index in [1.807, 2.05) is 12.1 Å². The normalized spacial score (nSPS) is 12.4. The lowest BCUT2D eigenvalue weighted by molar-refractivity contribution is 0.180. The summed E-state index contributed by atoms with van der Waals surface area (Å²) in [6.45, 7) is 9.72. The molecule has 0 saturated carbocycles. The van der Waals surface area contributed by atoms with Crippen molar-refractivity contribution >= 4 is 29.9 Å². The van der Waals surface area contributed by atoms with Gasteiger partial charge in [-0.25, -0.2) is 0 Å². The maximum atomic E-state index is 5.22. The lowest BCUT2D eigenvalue weighted by Gasteiger charge is -2.18. The van der Waals surface area contributed by atoms with E-state index in [-0.39, 0.29) is 24.0 Å². The number of guanidine groups is 1. The maximum Gasteiger partial charge on any atom is 0.191 e. The van der Waals surface area contributed by atoms with Crippen LogP contribution < -0.4 is 15.4 Å². The molecule has 0 saturated heterocycles. The second-order valence-corrected chi connectivity index (χ2v) is 6.80. The summed E-state index contributed by atoms with van der Waals surface area (Å²) in [5.74, 6) is 2.26. The van der Waals surface area contributed by atoms with Gasteiger partial charge in [0.2, 0.25) is 0 Å². The fourth-order valence-electron chi connectivity index (χ4n) is 2.77. The van der Waals surface area contributed by atoms with Crippen molar-refractivity contribution in [2.24, 2.45) is 4.99 Å². The van der Waals surface area contributed by atoms with Crippen molar-refractivity contribution in [2.75, 3.05) is 60.6 Å². The van der Waals surface area contributed by atoms with Crippen LogP contribution in [0.15, 0.2) is 29.3 Å². The Balaban J connectivity index is 0.00000729. The van der Waals surface area contributed by atoms with Crippen molar-refractivity contribution in [3.05, 3.63) is 29.8 Å². The summed E-state index contributed by atoms with van der Waals surface area (Å²) < 4.78 is 10.3. The van der Waals surface area contributed by atoms with E-state index in [4.69, 9.17) is 14.5 Å². The van der Waals surface area contributed by atoms with Crippen LogP contribution in [0.25, 0.3) is 0 Å². The van der Waals surface area contributed by atoms with Crippen LogP contribution in [-0.2, 0) is 4.74 Å². The Labute approximate surface area is 188 Å². The molecule has 0 fully saturated rings. The molecule has 7 heteroatoms. The predicted molar refractivity (Wildman–Crippen MR) is 129 cm³/mol. The number of likely N-dealkylation sites (N-methyl/N-ethyl adjacent to an activating group) is 1. The number of ether oxygens (including phenoxy) is 2. The molecule has 0 aliphatic heterocycles. The number of aliphatic imine (C=N–C) groups is 1. The van der Waals surface area contributed by atoms with E-state index >= 15 is 0 Å². The minimum absolute atomic E-state index is 0. The van der Waals surface area contributed by atoms with Crippen LogP contribution in [0.4, 0.5) is 0 Å². The van der Waals surface area contributed by atoms with Crippen molar-refractivity contribution < 1.29 is 9.47 Å². The highest BCUT2D eigenvalue weighted by atomic mass is 127. The predicted octanol–water partition coefficient (Wildman–Crippen LogP) is 3.33. The summed E-state index contributed by atoms with van der Waals surface area (Å²) in [6, 6.07) is 8.31. The molecule has 28 heavy (non-hydrogen) atoms. The van der Waals surface area contributed by atoms with Gasteiger partial charge in [0.1, 0.15) is 5.75 Å². The number of halogens is 1. The average molecular weight is 506 g/mol. The number of methoxy groups -OCH3 is 2. The zero-order chi connectivity index (χ0) is 19.9. The van der Waals surface area contributed by atoms with Crippen LogP contribution in [-0.4, -0.2) is 71.5 Å². The third-order valence-electron chi connectivity index (χ3n) is 4.54. The minimum Gasteiger partial charge on any atom is -0.497 e. The Morgan fingerprint density at radius 3 is 2.46 bits per heavy atom. The van der Waals surface area contributed by atoms with Crippen molar-refractivity contribution in [3.8, 4) is 5.75 Å². The van der Waals surface area contributed by atoms with Gasteiger partial charge in [0.15, 0.2) is 5.96 Å². The smallest absolute Gasteiger partial charge is 0.191 e. The molecule has 0 radical (unpaired) electrons. The van der Waals surface area contributed by atoms with Crippen LogP contribution in [0.3, 0.4) is 0 Å². The Kier molecular flexibility index (Phi) is 16.2. The summed E-state index contributed by atoms with van der Waals surface area (Å²) >= 11 is 0. The van der Waals surface area contributed by atoms with Crippen molar-refractivity contribution in [3.63, 3.8) is 0 Å². The first-order valence-electron chi connectivity index (χ1n) is 9.94. The number of nitrogens with zero attached hydrogens (tertiary/aromatic N) is 2. The number of hydrogen-bond acceptors (Lipinski definition) is 4. The molecule has 0 aliphatic rings. The van der Waals surface area contributed by atoms with E-state index in [1.165, 1.54) is 5.56 Å². The maximum absolute atomic E-state index is 5.22. The first-order chi connectivity index (χ1) is 13.1. The fourth-order valence-corrected chi connectivity index (χ4v) is 2.77. The van der Waals surface area contributed by atoms with E-state index in [2.05, 4.69) is 48.6 Å². The molecule has 0 spiro atoms. The summed E-state index contributed by atoms with van der Waals surface area (Å²) in [5, 5.41) is 6.74. The summed E-state index contributed by atoms with van der Waals surface area (Å²) in [7, 11) is 5.58. The third-order valence-corrected chi connectivity index (χ3v) is 4.54. The van der Waals surface area contributed by atoms with Gasteiger partial charge in [-0.2, -0.15) is 0 Å². The van der Waals surface area contributed by atoms with E-state index in [9.17, 15) is 0 Å². The molecule has 1 aromatic carbocycles. The molecule has 1 aromatic rings. The molecule has 0 aliphatic carbocycles. The van der Waals surface area contributed by atoms with Crippen molar-refractivity contribution in [2.45, 2.75) is 32.6 Å². The van der Waals surface area contributed by atoms with Crippen LogP contribution in [0.5, 0.6) is 5.75 Å². The molecule has 1 atom stereocenters. The van der Waals surface area contributed by atoms with Crippen LogP contribution >= 0.6 is 24.0 Å². The van der Waals surface area contributed by atoms with E-state index in [1.54, 1.807) is 14.2 Å². The molecule has 0 aromatic heterocycles. The van der Waals surface area contributed by atoms with Gasteiger partial charge >= 0.3 is 0 Å². The third kappa shape index (κ3) is 11.7. The van der Waals surface area contributed by atoms with Gasteiger partial charge in [-0.05, 0) is 50.4 Å². The van der Waals surface area contributed by atoms with Gasteiger partial charge in [0, 0.05) is 46.4 Å². The molecule has 1 unspecified atom stereocenters. The van der Waals surface area contributed by atoms with E-state index in [0.717, 1.165) is 63.9 Å². The molecule has 0 heterocycles. The second-order valence-electron chi connectivity index (χ2n) is 6.80. The molecule has 2 N–H and O–H groups in total. The molecular weight excluding hydrogens is 467 g/mol. The minimum atomic E-state index is 0. The van der Waals surface area contributed by atoms with Gasteiger partial charge in [0.05, 0.1) is 7.11 Å². The number of hydrogen-bond donors (Lipinski definition) is 2. The van der Waals surface area contributed by atoms with Gasteiger partial charge < -0.3 is 25.0 Å². The Bertz CT molecular complexity index is 526. The van der Waals surface area contributed by atoms with Crippen LogP contribution in [0.2, 0.25) is 0 Å². The first-order valence-corrected chi connectivity index (χ1v) is 9.94. The molecule has 6 nitrogen and oxygen atoms in total. The largest absolute Gasteiger partial charge is 0.497 e. The monoisotopic (exact) mass is 506 g/mol. The number of rotatable bonds is 13. The van der Waals surface area contributed by atoms with Crippen LogP contribution in [0, 0.1) is 0 Å². The molecule has 0 bridgehead atoms. The van der Waals surface area contributed by atoms with Gasteiger partial charge in [-0.3, -0.25) is 4.99 Å². The molecule has 1 rings (SSSR count). The van der Waals surface area contributed by atoms with Gasteiger partial charge in [-0.1, -0.05) is 19.1 Å². The highest BCUT2D eigenvalue weighted by Gasteiger charge is 2.06. The summed E-state index contributed by atoms with van der Waals surface area (Å²) in [5.41, 5.74) is 1.32. The van der Waals surface area contributed by atoms with Gasteiger partial charge in [-0.15, -0.1) is 24.0 Å². The highest BCUT2D eigenvalue weighted by Crippen LogP contribution is 2.21. The quantitative estimate of drug-likeness (QED) is 0.186. The summed E-state index contributed by atoms with van der Waals surface area (Å²) in [4.78, 5) is 7.02. The fraction of sp³-hybridized carbons (Fsp3) is 0.667. The Hall–Kier alpha value is -1.06. The number of benzene rings is 1. The Morgan fingerprint density at radius 1 is 1.14 bits per heavy atom. The standard InChI is InChI=1S/C21H38N4O2.HI/c1-6-22-21(24-14-16-25(3)15-7-17-26-4)23-13-12-18(2)19-8-10-20(27-5)11-9-19;/h8-11,18H,6-7,12-17H2,1-5H3,(H2,22,23,24);1H. The molecular formula is C21H39IN4O2.